The van der Waals surface area contributed by atoms with Crippen molar-refractivity contribution in [3.05, 3.63) is 53.1 Å². The first-order valence-electron chi connectivity index (χ1n) is 9.87. The Morgan fingerprint density at radius 2 is 2.03 bits per heavy atom. The van der Waals surface area contributed by atoms with Crippen molar-refractivity contribution < 1.29 is 32.2 Å². The summed E-state index contributed by atoms with van der Waals surface area (Å²) >= 11 is 5.65. The highest BCUT2D eigenvalue weighted by Crippen LogP contribution is 2.56. The standard InChI is InChI=1S/C21H14F4N4O3S/c22-14-7-10(2-3-12(14)18(30)31)29-19(33)28(17-16(32-17)20(29)4-1-5-20)11-6-13(21(23,24)25)15(8-26)27-9-11/h2-3,6-7,9,16-17H,1,4-5H2,(H,30,31). The van der Waals surface area contributed by atoms with E-state index in [4.69, 9.17) is 27.3 Å². The molecule has 0 bridgehead atoms. The van der Waals surface area contributed by atoms with Gasteiger partial charge in [-0.25, -0.2) is 14.2 Å². The molecule has 170 valence electrons. The van der Waals surface area contributed by atoms with Crippen molar-refractivity contribution in [1.82, 2.24) is 4.98 Å². The lowest BCUT2D eigenvalue weighted by Crippen LogP contribution is -2.68. The van der Waals surface area contributed by atoms with Gasteiger partial charge < -0.3 is 14.7 Å². The molecular formula is C21H14F4N4O3S. The minimum Gasteiger partial charge on any atom is -0.478 e. The van der Waals surface area contributed by atoms with Crippen LogP contribution >= 0.6 is 12.2 Å². The molecule has 1 N–H and O–H groups in total. The van der Waals surface area contributed by atoms with Crippen molar-refractivity contribution in [3.63, 3.8) is 0 Å². The largest absolute Gasteiger partial charge is 0.478 e. The number of hydrogen-bond donors (Lipinski definition) is 1. The molecule has 3 fully saturated rings. The number of aromatic nitrogens is 1. The highest BCUT2D eigenvalue weighted by molar-refractivity contribution is 7.80. The zero-order chi connectivity index (χ0) is 23.7. The smallest absolute Gasteiger partial charge is 0.419 e. The minimum atomic E-state index is -4.81. The third-order valence-corrected chi connectivity index (χ3v) is 6.70. The van der Waals surface area contributed by atoms with Crippen molar-refractivity contribution in [2.45, 2.75) is 43.3 Å². The number of alkyl halides is 3. The molecule has 1 aromatic carbocycles. The van der Waals surface area contributed by atoms with Crippen LogP contribution < -0.4 is 9.80 Å². The normalized spacial score (nSPS) is 23.1. The van der Waals surface area contributed by atoms with Gasteiger partial charge in [-0.1, -0.05) is 0 Å². The first kappa shape index (κ1) is 21.5. The van der Waals surface area contributed by atoms with Crippen LogP contribution in [0.3, 0.4) is 0 Å². The zero-order valence-corrected chi connectivity index (χ0v) is 17.5. The Morgan fingerprint density at radius 1 is 1.30 bits per heavy atom. The van der Waals surface area contributed by atoms with E-state index in [2.05, 4.69) is 4.98 Å². The van der Waals surface area contributed by atoms with Gasteiger partial charge in [-0.05, 0) is 55.7 Å². The maximum Gasteiger partial charge on any atom is 0.419 e. The molecule has 3 aliphatic rings. The third kappa shape index (κ3) is 3.14. The lowest BCUT2D eigenvalue weighted by atomic mass is 9.71. The predicted octanol–water partition coefficient (Wildman–Crippen LogP) is 4.07. The van der Waals surface area contributed by atoms with Crippen LogP contribution in [-0.4, -0.2) is 39.0 Å². The fourth-order valence-electron chi connectivity index (χ4n) is 4.61. The molecule has 1 spiro atoms. The Bertz CT molecular complexity index is 1240. The molecule has 0 radical (unpaired) electrons. The number of carbonyl (C=O) groups is 1. The summed E-state index contributed by atoms with van der Waals surface area (Å²) in [5.41, 5.74) is -2.80. The third-order valence-electron chi connectivity index (χ3n) is 6.32. The van der Waals surface area contributed by atoms with Gasteiger partial charge in [0.15, 0.2) is 17.0 Å². The monoisotopic (exact) mass is 478 g/mol. The first-order valence-corrected chi connectivity index (χ1v) is 10.3. The summed E-state index contributed by atoms with van der Waals surface area (Å²) in [6.07, 6.45) is -2.51. The summed E-state index contributed by atoms with van der Waals surface area (Å²) in [7, 11) is 0. The highest BCUT2D eigenvalue weighted by atomic mass is 32.1. The Balaban J connectivity index is 1.60. The van der Waals surface area contributed by atoms with E-state index >= 15 is 0 Å². The van der Waals surface area contributed by atoms with Crippen molar-refractivity contribution in [2.24, 2.45) is 0 Å². The number of halogens is 4. The van der Waals surface area contributed by atoms with Crippen LogP contribution in [0.25, 0.3) is 0 Å². The summed E-state index contributed by atoms with van der Waals surface area (Å²) in [6, 6.07) is 5.82. The molecule has 1 saturated carbocycles. The molecule has 1 aliphatic carbocycles. The van der Waals surface area contributed by atoms with Gasteiger partial charge in [-0.2, -0.15) is 18.4 Å². The van der Waals surface area contributed by atoms with Gasteiger partial charge in [0.2, 0.25) is 0 Å². The van der Waals surface area contributed by atoms with Gasteiger partial charge in [-0.3, -0.25) is 4.90 Å². The molecule has 1 aromatic heterocycles. The molecule has 33 heavy (non-hydrogen) atoms. The minimum absolute atomic E-state index is 0.0133. The molecule has 5 rings (SSSR count). The summed E-state index contributed by atoms with van der Waals surface area (Å²) in [5.74, 6) is -2.38. The van der Waals surface area contributed by atoms with Crippen molar-refractivity contribution in [1.29, 1.82) is 5.26 Å². The summed E-state index contributed by atoms with van der Waals surface area (Å²) in [4.78, 5) is 17.9. The van der Waals surface area contributed by atoms with Crippen LogP contribution in [0.5, 0.6) is 0 Å². The summed E-state index contributed by atoms with van der Waals surface area (Å²) in [5, 5.41) is 18.2. The number of ether oxygens (including phenoxy) is 1. The van der Waals surface area contributed by atoms with Gasteiger partial charge >= 0.3 is 12.1 Å². The Hall–Kier alpha value is -3.30. The molecule has 2 unspecified atom stereocenters. The number of nitrogens with zero attached hydrogens (tertiary/aromatic N) is 4. The second kappa shape index (κ2) is 7.10. The van der Waals surface area contributed by atoms with E-state index in [1.165, 1.54) is 17.0 Å². The van der Waals surface area contributed by atoms with Crippen LogP contribution in [0.1, 0.15) is 40.9 Å². The molecule has 2 atom stereocenters. The lowest BCUT2D eigenvalue weighted by Gasteiger charge is -2.54. The van der Waals surface area contributed by atoms with Crippen LogP contribution in [-0.2, 0) is 10.9 Å². The Kier molecular flexibility index (Phi) is 4.63. The quantitative estimate of drug-likeness (QED) is 0.401. The fourth-order valence-corrected chi connectivity index (χ4v) is 5.10. The molecule has 12 heteroatoms. The van der Waals surface area contributed by atoms with E-state index in [1.807, 2.05) is 0 Å². The molecular weight excluding hydrogens is 464 g/mol. The summed E-state index contributed by atoms with van der Waals surface area (Å²) in [6.45, 7) is 0. The molecule has 2 saturated heterocycles. The van der Waals surface area contributed by atoms with Crippen molar-refractivity contribution in [3.8, 4) is 6.07 Å². The number of hydrogen-bond acceptors (Lipinski definition) is 5. The molecule has 7 nitrogen and oxygen atoms in total. The van der Waals surface area contributed by atoms with Crippen LogP contribution in [0.4, 0.5) is 28.9 Å². The number of epoxide rings is 1. The SMILES string of the molecule is N#Cc1ncc(N2C(=S)N(c3ccc(C(=O)O)c(F)c3)C3(CCC3)C3OC32)cc1C(F)(F)F. The van der Waals surface area contributed by atoms with Crippen molar-refractivity contribution in [2.75, 3.05) is 9.80 Å². The van der Waals surface area contributed by atoms with Gasteiger partial charge in [0.25, 0.3) is 0 Å². The fraction of sp³-hybridized carbons (Fsp3) is 0.333. The Morgan fingerprint density at radius 3 is 2.58 bits per heavy atom. The lowest BCUT2D eigenvalue weighted by molar-refractivity contribution is -0.138. The number of benzene rings is 1. The second-order valence-electron chi connectivity index (χ2n) is 8.06. The van der Waals surface area contributed by atoms with Crippen molar-refractivity contribution >= 4 is 34.7 Å². The van der Waals surface area contributed by atoms with Gasteiger partial charge in [0, 0.05) is 5.69 Å². The number of aromatic carboxylic acids is 1. The molecule has 0 amide bonds. The maximum atomic E-state index is 14.5. The number of thiocarbonyl (C=S) groups is 1. The molecule has 3 heterocycles. The number of nitriles is 1. The highest BCUT2D eigenvalue weighted by Gasteiger charge is 2.68. The Labute approximate surface area is 189 Å². The molecule has 2 aliphatic heterocycles. The number of rotatable bonds is 3. The van der Waals surface area contributed by atoms with Gasteiger partial charge in [-0.15, -0.1) is 0 Å². The number of carboxylic acids is 1. The van der Waals surface area contributed by atoms with Crippen LogP contribution in [0.2, 0.25) is 0 Å². The zero-order valence-electron chi connectivity index (χ0n) is 16.6. The predicted molar refractivity (Wildman–Crippen MR) is 110 cm³/mol. The van der Waals surface area contributed by atoms with Crippen LogP contribution in [0, 0.1) is 17.1 Å². The van der Waals surface area contributed by atoms with Gasteiger partial charge in [0.1, 0.15) is 18.0 Å². The number of anilines is 2. The van der Waals surface area contributed by atoms with E-state index in [0.29, 0.717) is 12.8 Å². The van der Waals surface area contributed by atoms with E-state index in [1.54, 1.807) is 4.90 Å². The average Bonchev–Trinajstić information content (AvgIpc) is 3.50. The molecule has 2 aromatic rings. The average molecular weight is 478 g/mol. The second-order valence-corrected chi connectivity index (χ2v) is 8.43. The van der Waals surface area contributed by atoms with E-state index in [0.717, 1.165) is 30.8 Å². The van der Waals surface area contributed by atoms with E-state index < -0.39 is 52.7 Å². The summed E-state index contributed by atoms with van der Waals surface area (Å²) < 4.78 is 60.8. The van der Waals surface area contributed by atoms with E-state index in [9.17, 15) is 22.4 Å². The van der Waals surface area contributed by atoms with Crippen LogP contribution in [0.15, 0.2) is 30.5 Å². The number of carboxylic acid groups (broad SMARTS) is 1. The van der Waals surface area contributed by atoms with Gasteiger partial charge in [0.05, 0.1) is 28.6 Å². The first-order chi connectivity index (χ1) is 15.6. The number of pyridine rings is 1. The topological polar surface area (TPSA) is 93.0 Å². The van der Waals surface area contributed by atoms with E-state index in [-0.39, 0.29) is 16.5 Å². The maximum absolute atomic E-state index is 14.5. The number of fused-ring (bicyclic) bond motifs is 2.